The number of thiophene rings is 1. The van der Waals surface area contributed by atoms with Gasteiger partial charge in [0.05, 0.1) is 28.8 Å². The summed E-state index contributed by atoms with van der Waals surface area (Å²) in [5.74, 6) is 0.733. The van der Waals surface area contributed by atoms with Crippen LogP contribution in [0.2, 0.25) is 0 Å². The first-order valence-corrected chi connectivity index (χ1v) is 13.0. The maximum absolute atomic E-state index is 13.2. The monoisotopic (exact) mass is 519 g/mol. The quantitative estimate of drug-likeness (QED) is 0.338. The van der Waals surface area contributed by atoms with Gasteiger partial charge in [-0.25, -0.2) is 23.4 Å². The molecule has 1 aliphatic rings. The topological polar surface area (TPSA) is 136 Å². The fourth-order valence-corrected chi connectivity index (χ4v) is 6.05. The molecule has 0 saturated heterocycles. The lowest BCUT2D eigenvalue weighted by molar-refractivity contribution is 0.0948. The van der Waals surface area contributed by atoms with Crippen molar-refractivity contribution in [2.24, 2.45) is 0 Å². The molecule has 180 valence electrons. The lowest BCUT2D eigenvalue weighted by atomic mass is 10.2. The van der Waals surface area contributed by atoms with E-state index >= 15 is 0 Å². The standard InChI is InChI=1S/C24H17N5O5S2/c1-33-24-18-8-14(10-26-24)20-9-17-22(35-20)21(28-12-27-17)19-6-5-15(34-19)11-25-23(30)13-3-2-4-16(7-13)36(31,32)29-18/h2-10,12,29H,11H2,1H3,(H,25,30). The van der Waals surface area contributed by atoms with Gasteiger partial charge in [0.25, 0.3) is 15.9 Å². The van der Waals surface area contributed by atoms with Crippen LogP contribution in [0.3, 0.4) is 0 Å². The number of fused-ring (bicyclic) bond motifs is 9. The van der Waals surface area contributed by atoms with E-state index in [4.69, 9.17) is 9.15 Å². The van der Waals surface area contributed by atoms with Crippen molar-refractivity contribution in [1.82, 2.24) is 20.3 Å². The van der Waals surface area contributed by atoms with Gasteiger partial charge >= 0.3 is 0 Å². The van der Waals surface area contributed by atoms with Crippen LogP contribution in [0.25, 0.3) is 32.1 Å². The van der Waals surface area contributed by atoms with Gasteiger partial charge in [0, 0.05) is 22.2 Å². The van der Waals surface area contributed by atoms with Crippen molar-refractivity contribution in [2.75, 3.05) is 11.8 Å². The predicted molar refractivity (Wildman–Crippen MR) is 133 cm³/mol. The van der Waals surface area contributed by atoms with Crippen LogP contribution in [0, 0.1) is 0 Å². The van der Waals surface area contributed by atoms with Crippen LogP contribution in [0.5, 0.6) is 5.88 Å². The number of ether oxygens (including phenoxy) is 1. The summed E-state index contributed by atoms with van der Waals surface area (Å²) >= 11 is 1.43. The predicted octanol–water partition coefficient (Wildman–Crippen LogP) is 4.07. The Balaban J connectivity index is 1.56. The van der Waals surface area contributed by atoms with Crippen molar-refractivity contribution >= 4 is 43.2 Å². The first kappa shape index (κ1) is 22.2. The van der Waals surface area contributed by atoms with Gasteiger partial charge in [0.15, 0.2) is 5.76 Å². The lowest BCUT2D eigenvalue weighted by Crippen LogP contribution is -2.23. The molecule has 4 aromatic heterocycles. The molecule has 0 atom stereocenters. The van der Waals surface area contributed by atoms with E-state index in [1.807, 2.05) is 6.07 Å². The highest BCUT2D eigenvalue weighted by Crippen LogP contribution is 2.39. The van der Waals surface area contributed by atoms with Crippen molar-refractivity contribution in [2.45, 2.75) is 11.4 Å². The highest BCUT2D eigenvalue weighted by Gasteiger charge is 2.21. The van der Waals surface area contributed by atoms with Crippen molar-refractivity contribution in [3.05, 3.63) is 72.4 Å². The minimum Gasteiger partial charge on any atom is -0.480 e. The number of nitrogens with one attached hydrogen (secondary N) is 2. The lowest BCUT2D eigenvalue weighted by Gasteiger charge is -2.13. The number of pyridine rings is 1. The third-order valence-electron chi connectivity index (χ3n) is 5.61. The molecule has 12 heteroatoms. The molecule has 6 rings (SSSR count). The average Bonchev–Trinajstić information content (AvgIpc) is 3.54. The van der Waals surface area contributed by atoms with E-state index in [1.165, 1.54) is 49.0 Å². The Hall–Kier alpha value is -4.29. The number of carbonyl (C=O) groups is 1. The summed E-state index contributed by atoms with van der Waals surface area (Å²) in [5, 5.41) is 2.76. The minimum atomic E-state index is -4.06. The molecule has 0 radical (unpaired) electrons. The molecule has 0 fully saturated rings. The number of rotatable bonds is 1. The third-order valence-corrected chi connectivity index (χ3v) is 8.15. The van der Waals surface area contributed by atoms with Crippen molar-refractivity contribution in [3.8, 4) is 27.8 Å². The highest BCUT2D eigenvalue weighted by atomic mass is 32.2. The van der Waals surface area contributed by atoms with Gasteiger partial charge in [-0.05, 0) is 42.5 Å². The second-order valence-corrected chi connectivity index (χ2v) is 10.6. The van der Waals surface area contributed by atoms with Crippen LogP contribution in [-0.2, 0) is 16.6 Å². The summed E-state index contributed by atoms with van der Waals surface area (Å²) in [4.78, 5) is 26.6. The molecule has 36 heavy (non-hydrogen) atoms. The summed E-state index contributed by atoms with van der Waals surface area (Å²) < 4.78 is 41.1. The summed E-state index contributed by atoms with van der Waals surface area (Å²) in [5.41, 5.74) is 2.33. The van der Waals surface area contributed by atoms with E-state index in [2.05, 4.69) is 25.0 Å². The molecule has 0 aliphatic carbocycles. The Morgan fingerprint density at radius 1 is 1.06 bits per heavy atom. The summed E-state index contributed by atoms with van der Waals surface area (Å²) in [6.07, 6.45) is 3.06. The second kappa shape index (κ2) is 8.43. The van der Waals surface area contributed by atoms with Gasteiger partial charge in [-0.2, -0.15) is 0 Å². The van der Waals surface area contributed by atoms with Gasteiger partial charge in [0.1, 0.15) is 23.5 Å². The van der Waals surface area contributed by atoms with E-state index in [0.717, 1.165) is 9.58 Å². The third kappa shape index (κ3) is 3.85. The largest absolute Gasteiger partial charge is 0.480 e. The van der Waals surface area contributed by atoms with Crippen LogP contribution in [0.1, 0.15) is 16.1 Å². The Labute approximate surface area is 209 Å². The molecule has 0 unspecified atom stereocenters. The molecular weight excluding hydrogens is 502 g/mol. The number of nitrogens with zero attached hydrogens (tertiary/aromatic N) is 3. The fraction of sp³-hybridized carbons (Fsp3) is 0.0833. The van der Waals surface area contributed by atoms with Crippen LogP contribution in [0.4, 0.5) is 5.69 Å². The van der Waals surface area contributed by atoms with E-state index in [-0.39, 0.29) is 28.6 Å². The molecule has 8 bridgehead atoms. The zero-order chi connectivity index (χ0) is 24.9. The molecule has 1 aromatic carbocycles. The Kier molecular flexibility index (Phi) is 5.20. The number of methoxy groups -OCH3 is 1. The van der Waals surface area contributed by atoms with E-state index in [0.29, 0.717) is 28.3 Å². The molecule has 1 amide bonds. The number of carbonyl (C=O) groups excluding carboxylic acids is 1. The first-order valence-electron chi connectivity index (χ1n) is 10.7. The van der Waals surface area contributed by atoms with Gasteiger partial charge in [-0.15, -0.1) is 11.3 Å². The van der Waals surface area contributed by atoms with E-state index in [9.17, 15) is 13.2 Å². The number of hydrogen-bond donors (Lipinski definition) is 2. The molecule has 5 heterocycles. The number of aromatic nitrogens is 3. The fourth-order valence-electron chi connectivity index (χ4n) is 3.87. The average molecular weight is 520 g/mol. The van der Waals surface area contributed by atoms with E-state index < -0.39 is 15.9 Å². The van der Waals surface area contributed by atoms with Gasteiger partial charge in [-0.3, -0.25) is 9.52 Å². The molecule has 0 saturated carbocycles. The Bertz CT molecular complexity index is 1760. The smallest absolute Gasteiger partial charge is 0.262 e. The Morgan fingerprint density at radius 2 is 1.94 bits per heavy atom. The maximum atomic E-state index is 13.2. The number of furan rings is 1. The number of hydrogen-bond acceptors (Lipinski definition) is 9. The molecular formula is C24H17N5O5S2. The number of benzene rings is 1. The van der Waals surface area contributed by atoms with Crippen LogP contribution in [-0.4, -0.2) is 36.4 Å². The van der Waals surface area contributed by atoms with Crippen LogP contribution >= 0.6 is 11.3 Å². The maximum Gasteiger partial charge on any atom is 0.262 e. The molecule has 0 spiro atoms. The first-order chi connectivity index (χ1) is 17.4. The second-order valence-electron chi connectivity index (χ2n) is 7.91. The van der Waals surface area contributed by atoms with Gasteiger partial charge in [-0.1, -0.05) is 6.07 Å². The highest BCUT2D eigenvalue weighted by molar-refractivity contribution is 7.92. The van der Waals surface area contributed by atoms with Crippen molar-refractivity contribution < 1.29 is 22.4 Å². The van der Waals surface area contributed by atoms with Crippen molar-refractivity contribution in [1.29, 1.82) is 0 Å². The van der Waals surface area contributed by atoms with Gasteiger partial charge in [0.2, 0.25) is 5.88 Å². The normalized spacial score (nSPS) is 14.5. The zero-order valence-electron chi connectivity index (χ0n) is 18.7. The summed E-state index contributed by atoms with van der Waals surface area (Å²) in [7, 11) is -2.66. The Morgan fingerprint density at radius 3 is 2.81 bits per heavy atom. The van der Waals surface area contributed by atoms with E-state index in [1.54, 1.807) is 24.4 Å². The number of anilines is 1. The van der Waals surface area contributed by atoms with Crippen LogP contribution in [0.15, 0.2) is 70.4 Å². The minimum absolute atomic E-state index is 0.0780. The zero-order valence-corrected chi connectivity index (χ0v) is 20.3. The number of sulfonamides is 1. The van der Waals surface area contributed by atoms with Crippen LogP contribution < -0.4 is 14.8 Å². The van der Waals surface area contributed by atoms with Crippen molar-refractivity contribution in [3.63, 3.8) is 0 Å². The molecule has 5 aromatic rings. The number of amides is 1. The molecule has 2 N–H and O–H groups in total. The summed E-state index contributed by atoms with van der Waals surface area (Å²) in [6, 6.07) is 12.8. The summed E-state index contributed by atoms with van der Waals surface area (Å²) in [6.45, 7) is 0.116. The van der Waals surface area contributed by atoms with Gasteiger partial charge < -0.3 is 14.5 Å². The SMILES string of the molecule is COc1ncc2cc1NS(=O)(=O)c1cccc(c1)C(=O)NCc1ccc(o1)-c1ncnc3cc-2sc13. The molecule has 10 nitrogen and oxygen atoms in total. The molecule has 1 aliphatic heterocycles.